The average molecular weight is 328 g/mol. The summed E-state index contributed by atoms with van der Waals surface area (Å²) in [6, 6.07) is 7.87. The van der Waals surface area contributed by atoms with Gasteiger partial charge in [-0.05, 0) is 31.2 Å². The van der Waals surface area contributed by atoms with Gasteiger partial charge in [-0.2, -0.15) is 0 Å². The Morgan fingerprint density at radius 2 is 1.83 bits per heavy atom. The van der Waals surface area contributed by atoms with Crippen LogP contribution in [0.4, 0.5) is 5.95 Å². The lowest BCUT2D eigenvalue weighted by atomic mass is 10.1. The number of aromatic nitrogens is 2. The highest BCUT2D eigenvalue weighted by Gasteiger charge is 2.20. The van der Waals surface area contributed by atoms with E-state index in [9.17, 15) is 0 Å². The lowest BCUT2D eigenvalue weighted by Gasteiger charge is -2.35. The zero-order valence-corrected chi connectivity index (χ0v) is 14.5. The summed E-state index contributed by atoms with van der Waals surface area (Å²) in [5.74, 6) is 2.59. The van der Waals surface area contributed by atoms with E-state index in [1.165, 1.54) is 0 Å². The van der Waals surface area contributed by atoms with Crippen LogP contribution in [0.3, 0.4) is 0 Å². The van der Waals surface area contributed by atoms with Crippen molar-refractivity contribution in [1.29, 1.82) is 0 Å². The third kappa shape index (κ3) is 3.76. The van der Waals surface area contributed by atoms with Gasteiger partial charge in [0, 0.05) is 50.2 Å². The predicted molar refractivity (Wildman–Crippen MR) is 93.8 cm³/mol. The van der Waals surface area contributed by atoms with E-state index in [4.69, 9.17) is 9.47 Å². The minimum absolute atomic E-state index is 0.827. The largest absolute Gasteiger partial charge is 0.497 e. The highest BCUT2D eigenvalue weighted by atomic mass is 16.5. The van der Waals surface area contributed by atoms with Crippen molar-refractivity contribution in [1.82, 2.24) is 14.9 Å². The summed E-state index contributed by atoms with van der Waals surface area (Å²) in [5.41, 5.74) is 2.15. The molecular weight excluding hydrogens is 304 g/mol. The van der Waals surface area contributed by atoms with Crippen LogP contribution in [-0.2, 0) is 6.54 Å². The van der Waals surface area contributed by atoms with Crippen molar-refractivity contribution in [3.8, 4) is 11.5 Å². The van der Waals surface area contributed by atoms with Crippen LogP contribution in [0.25, 0.3) is 0 Å². The molecule has 0 unspecified atom stereocenters. The molecule has 1 aliphatic rings. The Labute approximate surface area is 143 Å². The number of methoxy groups -OCH3 is 2. The maximum absolute atomic E-state index is 5.48. The fourth-order valence-corrected chi connectivity index (χ4v) is 2.94. The highest BCUT2D eigenvalue weighted by molar-refractivity contribution is 5.40. The smallest absolute Gasteiger partial charge is 0.225 e. The molecule has 0 bridgehead atoms. The zero-order chi connectivity index (χ0) is 16.9. The molecule has 0 radical (unpaired) electrons. The summed E-state index contributed by atoms with van der Waals surface area (Å²) in [6.07, 6.45) is 1.82. The first kappa shape index (κ1) is 16.5. The van der Waals surface area contributed by atoms with Crippen LogP contribution in [-0.4, -0.2) is 55.3 Å². The fraction of sp³-hybridized carbons (Fsp3) is 0.444. The Morgan fingerprint density at radius 1 is 1.04 bits per heavy atom. The maximum atomic E-state index is 5.48. The first-order valence-electron chi connectivity index (χ1n) is 8.17. The zero-order valence-electron chi connectivity index (χ0n) is 14.5. The quantitative estimate of drug-likeness (QED) is 0.838. The van der Waals surface area contributed by atoms with Crippen LogP contribution in [0.2, 0.25) is 0 Å². The Balaban J connectivity index is 1.63. The predicted octanol–water partition coefficient (Wildman–Crippen LogP) is 2.12. The van der Waals surface area contributed by atoms with Gasteiger partial charge in [-0.3, -0.25) is 4.90 Å². The van der Waals surface area contributed by atoms with Gasteiger partial charge in [0.15, 0.2) is 0 Å². The summed E-state index contributed by atoms with van der Waals surface area (Å²) >= 11 is 0. The number of rotatable bonds is 5. The van der Waals surface area contributed by atoms with Gasteiger partial charge >= 0.3 is 0 Å². The van der Waals surface area contributed by atoms with Crippen molar-refractivity contribution in [2.45, 2.75) is 13.5 Å². The van der Waals surface area contributed by atoms with Crippen LogP contribution in [0.15, 0.2) is 30.5 Å². The molecule has 24 heavy (non-hydrogen) atoms. The summed E-state index contributed by atoms with van der Waals surface area (Å²) in [4.78, 5) is 13.6. The molecular formula is C18H24N4O2. The van der Waals surface area contributed by atoms with Gasteiger partial charge in [0.1, 0.15) is 11.5 Å². The van der Waals surface area contributed by atoms with Gasteiger partial charge in [-0.25, -0.2) is 9.97 Å². The molecule has 1 aromatic heterocycles. The second kappa shape index (κ2) is 7.49. The first-order valence-corrected chi connectivity index (χ1v) is 8.17. The van der Waals surface area contributed by atoms with Crippen molar-refractivity contribution in [2.75, 3.05) is 45.3 Å². The minimum Gasteiger partial charge on any atom is -0.497 e. The topological polar surface area (TPSA) is 50.7 Å². The fourth-order valence-electron chi connectivity index (χ4n) is 2.94. The Kier molecular flexibility index (Phi) is 5.15. The van der Waals surface area contributed by atoms with E-state index in [1.54, 1.807) is 14.2 Å². The van der Waals surface area contributed by atoms with Gasteiger partial charge in [-0.1, -0.05) is 0 Å². The van der Waals surface area contributed by atoms with Crippen molar-refractivity contribution < 1.29 is 9.47 Å². The van der Waals surface area contributed by atoms with Crippen LogP contribution < -0.4 is 14.4 Å². The standard InChI is InChI=1S/C18H24N4O2/c1-14-6-7-19-18(20-14)22-10-8-21(9-11-22)13-15-12-16(23-2)4-5-17(15)24-3/h4-7,12H,8-11,13H2,1-3H3. The number of hydrogen-bond acceptors (Lipinski definition) is 6. The molecule has 6 nitrogen and oxygen atoms in total. The molecule has 2 heterocycles. The molecule has 128 valence electrons. The SMILES string of the molecule is COc1ccc(OC)c(CN2CCN(c3nccc(C)n3)CC2)c1. The summed E-state index contributed by atoms with van der Waals surface area (Å²) in [5, 5.41) is 0. The molecule has 2 aromatic rings. The Morgan fingerprint density at radius 3 is 2.50 bits per heavy atom. The molecule has 0 spiro atoms. The summed E-state index contributed by atoms with van der Waals surface area (Å²) < 4.78 is 10.8. The summed E-state index contributed by atoms with van der Waals surface area (Å²) in [7, 11) is 3.39. The van der Waals surface area contributed by atoms with Crippen LogP contribution in [0.1, 0.15) is 11.3 Å². The Hall–Kier alpha value is -2.34. The molecule has 1 aliphatic heterocycles. The lowest BCUT2D eigenvalue weighted by Crippen LogP contribution is -2.46. The molecule has 1 saturated heterocycles. The highest BCUT2D eigenvalue weighted by Crippen LogP contribution is 2.25. The van der Waals surface area contributed by atoms with Gasteiger partial charge in [-0.15, -0.1) is 0 Å². The molecule has 0 aliphatic carbocycles. The normalized spacial score (nSPS) is 15.4. The van der Waals surface area contributed by atoms with E-state index in [1.807, 2.05) is 31.3 Å². The van der Waals surface area contributed by atoms with E-state index in [0.717, 1.165) is 61.4 Å². The molecule has 0 N–H and O–H groups in total. The van der Waals surface area contributed by atoms with Crippen LogP contribution in [0.5, 0.6) is 11.5 Å². The number of benzene rings is 1. The van der Waals surface area contributed by atoms with E-state index >= 15 is 0 Å². The number of anilines is 1. The maximum Gasteiger partial charge on any atom is 0.225 e. The number of hydrogen-bond donors (Lipinski definition) is 0. The van der Waals surface area contributed by atoms with E-state index in [-0.39, 0.29) is 0 Å². The van der Waals surface area contributed by atoms with E-state index < -0.39 is 0 Å². The monoisotopic (exact) mass is 328 g/mol. The van der Waals surface area contributed by atoms with Crippen molar-refractivity contribution in [3.05, 3.63) is 41.7 Å². The van der Waals surface area contributed by atoms with Gasteiger partial charge in [0.05, 0.1) is 14.2 Å². The molecule has 0 saturated carbocycles. The molecule has 1 aromatic carbocycles. The van der Waals surface area contributed by atoms with E-state index in [2.05, 4.69) is 25.8 Å². The van der Waals surface area contributed by atoms with E-state index in [0.29, 0.717) is 0 Å². The van der Waals surface area contributed by atoms with Gasteiger partial charge in [0.2, 0.25) is 5.95 Å². The van der Waals surface area contributed by atoms with Crippen LogP contribution in [0, 0.1) is 6.92 Å². The molecule has 0 atom stereocenters. The van der Waals surface area contributed by atoms with Gasteiger partial charge < -0.3 is 14.4 Å². The average Bonchev–Trinajstić information content (AvgIpc) is 2.62. The lowest BCUT2D eigenvalue weighted by molar-refractivity contribution is 0.244. The number of aryl methyl sites for hydroxylation is 1. The van der Waals surface area contributed by atoms with Crippen LogP contribution >= 0.6 is 0 Å². The van der Waals surface area contributed by atoms with Gasteiger partial charge in [0.25, 0.3) is 0 Å². The second-order valence-corrected chi connectivity index (χ2v) is 5.94. The number of ether oxygens (including phenoxy) is 2. The third-order valence-corrected chi connectivity index (χ3v) is 4.32. The Bertz CT molecular complexity index is 684. The molecule has 0 amide bonds. The minimum atomic E-state index is 0.827. The molecule has 1 fully saturated rings. The first-order chi connectivity index (χ1) is 11.7. The van der Waals surface area contributed by atoms with Crippen molar-refractivity contribution >= 4 is 5.95 Å². The molecule has 6 heteroatoms. The third-order valence-electron chi connectivity index (χ3n) is 4.32. The molecule has 3 rings (SSSR count). The number of piperazine rings is 1. The van der Waals surface area contributed by atoms with Crippen molar-refractivity contribution in [3.63, 3.8) is 0 Å². The van der Waals surface area contributed by atoms with Crippen molar-refractivity contribution in [2.24, 2.45) is 0 Å². The second-order valence-electron chi connectivity index (χ2n) is 5.94. The summed E-state index contributed by atoms with van der Waals surface area (Å²) in [6.45, 7) is 6.64. The number of nitrogens with zero attached hydrogens (tertiary/aromatic N) is 4.